The number of H-pyrrole nitrogens is 1. The van der Waals surface area contributed by atoms with Gasteiger partial charge in [0.25, 0.3) is 0 Å². The predicted octanol–water partition coefficient (Wildman–Crippen LogP) is 2.16. The van der Waals surface area contributed by atoms with Crippen molar-refractivity contribution in [2.24, 2.45) is 0 Å². The summed E-state index contributed by atoms with van der Waals surface area (Å²) >= 11 is 0. The summed E-state index contributed by atoms with van der Waals surface area (Å²) in [5.41, 5.74) is 0.936. The summed E-state index contributed by atoms with van der Waals surface area (Å²) in [5, 5.41) is 11.2. The lowest BCUT2D eigenvalue weighted by Crippen LogP contribution is -2.38. The van der Waals surface area contributed by atoms with Crippen molar-refractivity contribution in [1.29, 1.82) is 0 Å². The maximum atomic E-state index is 4.68. The van der Waals surface area contributed by atoms with Crippen LogP contribution in [0.15, 0.2) is 6.20 Å². The van der Waals surface area contributed by atoms with Gasteiger partial charge in [0.05, 0.1) is 11.6 Å². The van der Waals surface area contributed by atoms with Crippen LogP contribution in [0.2, 0.25) is 0 Å². The number of aromatic nitrogens is 4. The standard InChI is InChI=1S/C13H20N6/c1-4-14-12-16-10-9(8-15-18-10)11(17-12)19-7-5-6-13(19,2)3/h8H,4-7H2,1-3H3,(H2,14,15,16,17,18). The zero-order valence-corrected chi connectivity index (χ0v) is 11.7. The van der Waals surface area contributed by atoms with Crippen LogP contribution in [0, 0.1) is 0 Å². The van der Waals surface area contributed by atoms with Gasteiger partial charge in [0.2, 0.25) is 5.95 Å². The fraction of sp³-hybridized carbons (Fsp3) is 0.615. The van der Waals surface area contributed by atoms with Crippen LogP contribution < -0.4 is 10.2 Å². The molecule has 0 aliphatic carbocycles. The zero-order valence-electron chi connectivity index (χ0n) is 11.7. The molecule has 0 amide bonds. The molecule has 0 unspecified atom stereocenters. The van der Waals surface area contributed by atoms with Crippen LogP contribution in [0.1, 0.15) is 33.6 Å². The highest BCUT2D eigenvalue weighted by Crippen LogP contribution is 2.35. The number of anilines is 2. The van der Waals surface area contributed by atoms with E-state index in [0.29, 0.717) is 5.95 Å². The SMILES string of the molecule is CCNc1nc(N2CCCC2(C)C)c2cn[nH]c2n1. The molecule has 1 aliphatic heterocycles. The predicted molar refractivity (Wildman–Crippen MR) is 76.5 cm³/mol. The van der Waals surface area contributed by atoms with E-state index in [1.807, 2.05) is 13.1 Å². The average molecular weight is 260 g/mol. The first-order valence-electron chi connectivity index (χ1n) is 6.84. The van der Waals surface area contributed by atoms with E-state index in [0.717, 1.165) is 29.9 Å². The van der Waals surface area contributed by atoms with Crippen LogP contribution in [-0.4, -0.2) is 38.8 Å². The molecule has 0 spiro atoms. The summed E-state index contributed by atoms with van der Waals surface area (Å²) in [6.07, 6.45) is 4.20. The highest BCUT2D eigenvalue weighted by Gasteiger charge is 2.34. The van der Waals surface area contributed by atoms with E-state index in [9.17, 15) is 0 Å². The zero-order chi connectivity index (χ0) is 13.5. The Morgan fingerprint density at radius 3 is 2.95 bits per heavy atom. The van der Waals surface area contributed by atoms with Gasteiger partial charge in [-0.25, -0.2) is 0 Å². The first-order chi connectivity index (χ1) is 9.12. The molecule has 1 saturated heterocycles. The van der Waals surface area contributed by atoms with Crippen molar-refractivity contribution in [3.63, 3.8) is 0 Å². The van der Waals surface area contributed by atoms with E-state index < -0.39 is 0 Å². The van der Waals surface area contributed by atoms with Gasteiger partial charge in [0, 0.05) is 18.6 Å². The van der Waals surface area contributed by atoms with Gasteiger partial charge in [-0.05, 0) is 33.6 Å². The number of aromatic amines is 1. The minimum atomic E-state index is 0.141. The van der Waals surface area contributed by atoms with Crippen molar-refractivity contribution in [1.82, 2.24) is 20.2 Å². The van der Waals surface area contributed by atoms with Crippen molar-refractivity contribution in [3.8, 4) is 0 Å². The summed E-state index contributed by atoms with van der Waals surface area (Å²) in [6.45, 7) is 8.42. The van der Waals surface area contributed by atoms with E-state index in [-0.39, 0.29) is 5.54 Å². The van der Waals surface area contributed by atoms with Crippen LogP contribution >= 0.6 is 0 Å². The quantitative estimate of drug-likeness (QED) is 0.885. The molecule has 102 valence electrons. The number of hydrogen-bond acceptors (Lipinski definition) is 5. The Morgan fingerprint density at radius 2 is 2.26 bits per heavy atom. The molecule has 6 nitrogen and oxygen atoms in total. The minimum absolute atomic E-state index is 0.141. The van der Waals surface area contributed by atoms with Crippen LogP contribution in [-0.2, 0) is 0 Å². The first kappa shape index (κ1) is 12.2. The molecular weight excluding hydrogens is 240 g/mol. The largest absolute Gasteiger partial charge is 0.354 e. The third kappa shape index (κ3) is 2.01. The van der Waals surface area contributed by atoms with Crippen molar-refractivity contribution in [2.75, 3.05) is 23.3 Å². The molecule has 2 aromatic heterocycles. The Kier molecular flexibility index (Phi) is 2.80. The Balaban J connectivity index is 2.13. The summed E-state index contributed by atoms with van der Waals surface area (Å²) in [4.78, 5) is 11.5. The normalized spacial score (nSPS) is 18.2. The van der Waals surface area contributed by atoms with Gasteiger partial charge in [-0.1, -0.05) is 0 Å². The molecule has 3 heterocycles. The second kappa shape index (κ2) is 4.36. The molecule has 0 aromatic carbocycles. The molecule has 1 fully saturated rings. The summed E-state index contributed by atoms with van der Waals surface area (Å²) in [5.74, 6) is 1.65. The summed E-state index contributed by atoms with van der Waals surface area (Å²) < 4.78 is 0. The maximum absolute atomic E-state index is 4.68. The minimum Gasteiger partial charge on any atom is -0.354 e. The molecule has 0 bridgehead atoms. The Morgan fingerprint density at radius 1 is 1.42 bits per heavy atom. The maximum Gasteiger partial charge on any atom is 0.226 e. The smallest absolute Gasteiger partial charge is 0.226 e. The fourth-order valence-electron chi connectivity index (χ4n) is 2.76. The molecule has 1 aliphatic rings. The topological polar surface area (TPSA) is 69.7 Å². The van der Waals surface area contributed by atoms with E-state index >= 15 is 0 Å². The number of nitrogens with one attached hydrogen (secondary N) is 2. The third-order valence-corrected chi connectivity index (χ3v) is 3.78. The third-order valence-electron chi connectivity index (χ3n) is 3.78. The number of nitrogens with zero attached hydrogens (tertiary/aromatic N) is 4. The van der Waals surface area contributed by atoms with E-state index in [4.69, 9.17) is 0 Å². The van der Waals surface area contributed by atoms with Crippen LogP contribution in [0.4, 0.5) is 11.8 Å². The van der Waals surface area contributed by atoms with Crippen molar-refractivity contribution < 1.29 is 0 Å². The molecule has 0 saturated carbocycles. The van der Waals surface area contributed by atoms with E-state index in [2.05, 4.69) is 44.2 Å². The molecule has 3 rings (SSSR count). The van der Waals surface area contributed by atoms with Gasteiger partial charge in [-0.2, -0.15) is 15.1 Å². The van der Waals surface area contributed by atoms with Crippen molar-refractivity contribution >= 4 is 22.8 Å². The van der Waals surface area contributed by atoms with Crippen LogP contribution in [0.25, 0.3) is 11.0 Å². The molecule has 0 atom stereocenters. The average Bonchev–Trinajstić information content (AvgIpc) is 2.94. The molecule has 2 aromatic rings. The second-order valence-corrected chi connectivity index (χ2v) is 5.60. The molecular formula is C13H20N6. The lowest BCUT2D eigenvalue weighted by Gasteiger charge is -2.33. The monoisotopic (exact) mass is 260 g/mol. The highest BCUT2D eigenvalue weighted by atomic mass is 15.3. The number of rotatable bonds is 3. The Bertz CT molecular complexity index is 588. The van der Waals surface area contributed by atoms with Gasteiger partial charge in [-0.15, -0.1) is 0 Å². The van der Waals surface area contributed by atoms with Crippen molar-refractivity contribution in [2.45, 2.75) is 39.2 Å². The molecule has 19 heavy (non-hydrogen) atoms. The van der Waals surface area contributed by atoms with Crippen LogP contribution in [0.3, 0.4) is 0 Å². The Labute approximate surface area is 112 Å². The van der Waals surface area contributed by atoms with Crippen molar-refractivity contribution in [3.05, 3.63) is 6.20 Å². The van der Waals surface area contributed by atoms with Gasteiger partial charge >= 0.3 is 0 Å². The van der Waals surface area contributed by atoms with E-state index in [1.54, 1.807) is 0 Å². The molecule has 6 heteroatoms. The summed E-state index contributed by atoms with van der Waals surface area (Å²) in [7, 11) is 0. The highest BCUT2D eigenvalue weighted by molar-refractivity contribution is 5.88. The van der Waals surface area contributed by atoms with Gasteiger partial charge in [0.1, 0.15) is 5.82 Å². The number of fused-ring (bicyclic) bond motifs is 1. The number of hydrogen-bond donors (Lipinski definition) is 2. The lowest BCUT2D eigenvalue weighted by molar-refractivity contribution is 0.515. The van der Waals surface area contributed by atoms with Gasteiger partial charge < -0.3 is 10.2 Å². The van der Waals surface area contributed by atoms with Gasteiger partial charge in [0.15, 0.2) is 5.65 Å². The molecule has 0 radical (unpaired) electrons. The fourth-order valence-corrected chi connectivity index (χ4v) is 2.76. The van der Waals surface area contributed by atoms with Gasteiger partial charge in [-0.3, -0.25) is 5.10 Å². The Hall–Kier alpha value is -1.85. The van der Waals surface area contributed by atoms with E-state index in [1.165, 1.54) is 12.8 Å². The van der Waals surface area contributed by atoms with Crippen LogP contribution in [0.5, 0.6) is 0 Å². The second-order valence-electron chi connectivity index (χ2n) is 5.60. The summed E-state index contributed by atoms with van der Waals surface area (Å²) in [6, 6.07) is 0. The molecule has 2 N–H and O–H groups in total. The lowest BCUT2D eigenvalue weighted by atomic mass is 10.0. The first-order valence-corrected chi connectivity index (χ1v) is 6.84.